The molecule has 0 fully saturated rings. The first-order valence-corrected chi connectivity index (χ1v) is 6.51. The van der Waals surface area contributed by atoms with Gasteiger partial charge in [0.15, 0.2) is 0 Å². The largest absolute Gasteiger partial charge is 0.313 e. The van der Waals surface area contributed by atoms with E-state index in [1.54, 1.807) is 0 Å². The Morgan fingerprint density at radius 3 is 2.59 bits per heavy atom. The van der Waals surface area contributed by atoms with E-state index >= 15 is 0 Å². The van der Waals surface area contributed by atoms with Crippen molar-refractivity contribution in [1.29, 1.82) is 0 Å². The first kappa shape index (κ1) is 13.8. The fourth-order valence-electron chi connectivity index (χ4n) is 2.09. The van der Waals surface area contributed by atoms with Crippen LogP contribution < -0.4 is 5.32 Å². The Hall–Kier alpha value is -1.26. The van der Waals surface area contributed by atoms with Crippen molar-refractivity contribution in [1.82, 2.24) is 5.32 Å². The van der Waals surface area contributed by atoms with Crippen LogP contribution in [0.25, 0.3) is 0 Å². The summed E-state index contributed by atoms with van der Waals surface area (Å²) in [5.74, 6) is 3.25. The Balaban J connectivity index is 2.65. The van der Waals surface area contributed by atoms with Crippen molar-refractivity contribution in [3.8, 4) is 12.3 Å². The molecule has 1 aromatic rings. The second-order valence-electron chi connectivity index (χ2n) is 4.50. The van der Waals surface area contributed by atoms with Gasteiger partial charge in [0, 0.05) is 12.5 Å². The number of hydrogen-bond donors (Lipinski definition) is 1. The minimum Gasteiger partial charge on any atom is -0.313 e. The van der Waals surface area contributed by atoms with Gasteiger partial charge in [0.25, 0.3) is 0 Å². The Morgan fingerprint density at radius 1 is 1.29 bits per heavy atom. The highest BCUT2D eigenvalue weighted by Crippen LogP contribution is 2.21. The van der Waals surface area contributed by atoms with Crippen molar-refractivity contribution >= 4 is 0 Å². The molecule has 0 amide bonds. The fourth-order valence-corrected chi connectivity index (χ4v) is 2.09. The molecule has 0 aliphatic carbocycles. The van der Waals surface area contributed by atoms with Crippen LogP contribution in [0, 0.1) is 12.3 Å². The van der Waals surface area contributed by atoms with Gasteiger partial charge in [-0.05, 0) is 30.9 Å². The number of benzene rings is 1. The maximum Gasteiger partial charge on any atom is 0.0142 e. The van der Waals surface area contributed by atoms with Gasteiger partial charge in [-0.2, -0.15) is 0 Å². The van der Waals surface area contributed by atoms with Crippen LogP contribution in [0.5, 0.6) is 0 Å². The van der Waals surface area contributed by atoms with Crippen LogP contribution in [0.2, 0.25) is 0 Å². The summed E-state index contributed by atoms with van der Waals surface area (Å²) in [6.07, 6.45) is 8.42. The SMILES string of the molecule is C#CCCC(NCCC)C(C)c1ccccc1. The smallest absolute Gasteiger partial charge is 0.0142 e. The van der Waals surface area contributed by atoms with Gasteiger partial charge in [-0.3, -0.25) is 0 Å². The van der Waals surface area contributed by atoms with Crippen LogP contribution in [0.15, 0.2) is 30.3 Å². The summed E-state index contributed by atoms with van der Waals surface area (Å²) in [6.45, 7) is 5.53. The molecule has 0 radical (unpaired) electrons. The first-order valence-electron chi connectivity index (χ1n) is 6.51. The molecule has 0 bridgehead atoms. The number of rotatable bonds is 7. The number of hydrogen-bond acceptors (Lipinski definition) is 1. The predicted octanol–water partition coefficient (Wildman–Crippen LogP) is 3.57. The maximum atomic E-state index is 5.37. The lowest BCUT2D eigenvalue weighted by atomic mass is 9.90. The van der Waals surface area contributed by atoms with E-state index in [1.165, 1.54) is 5.56 Å². The number of nitrogens with one attached hydrogen (secondary N) is 1. The quantitative estimate of drug-likeness (QED) is 0.705. The van der Waals surface area contributed by atoms with Crippen LogP contribution in [0.1, 0.15) is 44.6 Å². The number of terminal acetylenes is 1. The molecule has 1 N–H and O–H groups in total. The summed E-state index contributed by atoms with van der Waals surface area (Å²) >= 11 is 0. The van der Waals surface area contributed by atoms with Gasteiger partial charge in [0.05, 0.1) is 0 Å². The molecule has 2 atom stereocenters. The third kappa shape index (κ3) is 4.63. The highest BCUT2D eigenvalue weighted by atomic mass is 14.9. The maximum absolute atomic E-state index is 5.37. The lowest BCUT2D eigenvalue weighted by Crippen LogP contribution is -2.34. The third-order valence-electron chi connectivity index (χ3n) is 3.19. The van der Waals surface area contributed by atoms with E-state index in [2.05, 4.69) is 55.4 Å². The molecule has 1 aromatic carbocycles. The van der Waals surface area contributed by atoms with Gasteiger partial charge in [-0.15, -0.1) is 12.3 Å². The summed E-state index contributed by atoms with van der Waals surface area (Å²) in [6, 6.07) is 11.1. The van der Waals surface area contributed by atoms with Crippen molar-refractivity contribution in [2.75, 3.05) is 6.54 Å². The predicted molar refractivity (Wildman–Crippen MR) is 75.0 cm³/mol. The van der Waals surface area contributed by atoms with Crippen molar-refractivity contribution in [3.05, 3.63) is 35.9 Å². The van der Waals surface area contributed by atoms with Gasteiger partial charge < -0.3 is 5.32 Å². The van der Waals surface area contributed by atoms with Gasteiger partial charge >= 0.3 is 0 Å². The van der Waals surface area contributed by atoms with E-state index in [9.17, 15) is 0 Å². The summed E-state index contributed by atoms with van der Waals surface area (Å²) in [5, 5.41) is 3.61. The third-order valence-corrected chi connectivity index (χ3v) is 3.19. The monoisotopic (exact) mass is 229 g/mol. The topological polar surface area (TPSA) is 12.0 Å². The second kappa shape index (κ2) is 7.92. The average Bonchev–Trinajstić information content (AvgIpc) is 2.39. The highest BCUT2D eigenvalue weighted by Gasteiger charge is 2.17. The average molecular weight is 229 g/mol. The normalized spacial score (nSPS) is 13.9. The summed E-state index contributed by atoms with van der Waals surface area (Å²) < 4.78 is 0. The molecule has 1 heteroatoms. The van der Waals surface area contributed by atoms with Gasteiger partial charge in [-0.1, -0.05) is 44.2 Å². The van der Waals surface area contributed by atoms with Gasteiger partial charge in [0.1, 0.15) is 0 Å². The second-order valence-corrected chi connectivity index (χ2v) is 4.50. The zero-order valence-electron chi connectivity index (χ0n) is 10.9. The molecule has 0 saturated heterocycles. The van der Waals surface area contributed by atoms with Crippen molar-refractivity contribution < 1.29 is 0 Å². The Morgan fingerprint density at radius 2 is 2.00 bits per heavy atom. The van der Waals surface area contributed by atoms with Gasteiger partial charge in [-0.25, -0.2) is 0 Å². The summed E-state index contributed by atoms with van der Waals surface area (Å²) in [7, 11) is 0. The van der Waals surface area contributed by atoms with E-state index in [0.29, 0.717) is 12.0 Å². The molecule has 0 spiro atoms. The molecule has 0 aliphatic rings. The molecule has 0 heterocycles. The lowest BCUT2D eigenvalue weighted by molar-refractivity contribution is 0.429. The van der Waals surface area contributed by atoms with Crippen molar-refractivity contribution in [2.45, 2.75) is 45.1 Å². The molecule has 0 aliphatic heterocycles. The first-order chi connectivity index (χ1) is 8.29. The molecule has 1 rings (SSSR count). The van der Waals surface area contributed by atoms with E-state index in [4.69, 9.17) is 6.42 Å². The molecule has 0 saturated carbocycles. The molecule has 1 nitrogen and oxygen atoms in total. The van der Waals surface area contributed by atoms with Crippen molar-refractivity contribution in [2.24, 2.45) is 0 Å². The van der Waals surface area contributed by atoms with E-state index in [-0.39, 0.29) is 0 Å². The van der Waals surface area contributed by atoms with Crippen LogP contribution in [-0.4, -0.2) is 12.6 Å². The summed E-state index contributed by atoms with van der Waals surface area (Å²) in [4.78, 5) is 0. The standard InChI is InChI=1S/C16H23N/c1-4-6-12-16(17-13-5-2)14(3)15-10-8-7-9-11-15/h1,7-11,14,16-17H,5-6,12-13H2,2-3H3. The zero-order valence-corrected chi connectivity index (χ0v) is 10.9. The molecular formula is C16H23N. The van der Waals surface area contributed by atoms with Crippen molar-refractivity contribution in [3.63, 3.8) is 0 Å². The van der Waals surface area contributed by atoms with Gasteiger partial charge in [0.2, 0.25) is 0 Å². The minimum atomic E-state index is 0.480. The van der Waals surface area contributed by atoms with Crippen LogP contribution in [0.4, 0.5) is 0 Å². The zero-order chi connectivity index (χ0) is 12.5. The minimum absolute atomic E-state index is 0.480. The van der Waals surface area contributed by atoms with Crippen LogP contribution in [0.3, 0.4) is 0 Å². The Bertz CT molecular complexity index is 336. The van der Waals surface area contributed by atoms with E-state index < -0.39 is 0 Å². The summed E-state index contributed by atoms with van der Waals surface area (Å²) in [5.41, 5.74) is 1.39. The van der Waals surface area contributed by atoms with E-state index in [0.717, 1.165) is 25.8 Å². The molecule has 2 unspecified atom stereocenters. The molecular weight excluding hydrogens is 206 g/mol. The Labute approximate surface area is 106 Å². The Kier molecular flexibility index (Phi) is 6.43. The van der Waals surface area contributed by atoms with Crippen LogP contribution in [-0.2, 0) is 0 Å². The highest BCUT2D eigenvalue weighted by molar-refractivity contribution is 5.20. The molecule has 92 valence electrons. The molecule has 17 heavy (non-hydrogen) atoms. The lowest BCUT2D eigenvalue weighted by Gasteiger charge is -2.25. The fraction of sp³-hybridized carbons (Fsp3) is 0.500. The molecule has 0 aromatic heterocycles. The van der Waals surface area contributed by atoms with Crippen LogP contribution >= 0.6 is 0 Å². The van der Waals surface area contributed by atoms with E-state index in [1.807, 2.05) is 0 Å².